The van der Waals surface area contributed by atoms with Gasteiger partial charge in [0.2, 0.25) is 11.3 Å². The Morgan fingerprint density at radius 2 is 1.74 bits per heavy atom. The molecule has 6 nitrogen and oxygen atoms in total. The van der Waals surface area contributed by atoms with Crippen LogP contribution in [-0.4, -0.2) is 30.1 Å². The number of aromatic nitrogens is 1. The number of carbonyl (C=O) groups is 1. The summed E-state index contributed by atoms with van der Waals surface area (Å²) in [6, 6.07) is 23.9. The molecule has 4 rings (SSSR count). The fourth-order valence-corrected chi connectivity index (χ4v) is 3.72. The normalized spacial score (nSPS) is 12.1. The molecule has 0 fully saturated rings. The number of benzene rings is 3. The molecule has 0 unspecified atom stereocenters. The standard InChI is InChI=1S/C28H26N2O4/c1-19(16-20-8-10-22(33-2)11-9-20)29-17-25(31)23-12-14-26(28-24(23)13-15-27(32)30-28)34-18-21-6-4-3-5-7-21/h3-15,17,19H,16,18H2,1-2H3,(H,30,32)/b29-17-/t19-/m1/s1. The maximum Gasteiger partial charge on any atom is 0.248 e. The zero-order chi connectivity index (χ0) is 23.9. The van der Waals surface area contributed by atoms with Gasteiger partial charge < -0.3 is 14.5 Å². The van der Waals surface area contributed by atoms with Gasteiger partial charge in [-0.3, -0.25) is 14.6 Å². The summed E-state index contributed by atoms with van der Waals surface area (Å²) in [5.41, 5.74) is 2.81. The summed E-state index contributed by atoms with van der Waals surface area (Å²) in [4.78, 5) is 32.2. The number of fused-ring (bicyclic) bond motifs is 1. The van der Waals surface area contributed by atoms with Crippen LogP contribution >= 0.6 is 0 Å². The van der Waals surface area contributed by atoms with Gasteiger partial charge in [-0.25, -0.2) is 0 Å². The molecule has 3 aromatic carbocycles. The Morgan fingerprint density at radius 3 is 2.47 bits per heavy atom. The van der Waals surface area contributed by atoms with Gasteiger partial charge in [-0.15, -0.1) is 0 Å². The molecule has 0 saturated heterocycles. The van der Waals surface area contributed by atoms with Crippen molar-refractivity contribution in [1.82, 2.24) is 4.98 Å². The Kier molecular flexibility index (Phi) is 7.18. The second kappa shape index (κ2) is 10.6. The Bertz CT molecular complexity index is 1360. The summed E-state index contributed by atoms with van der Waals surface area (Å²) in [5, 5.41) is 0.615. The summed E-state index contributed by atoms with van der Waals surface area (Å²) in [6.07, 6.45) is 2.06. The highest BCUT2D eigenvalue weighted by Gasteiger charge is 2.14. The quantitative estimate of drug-likeness (QED) is 0.285. The summed E-state index contributed by atoms with van der Waals surface area (Å²) in [6.45, 7) is 2.31. The maximum absolute atomic E-state index is 13.0. The molecule has 0 aliphatic heterocycles. The van der Waals surface area contributed by atoms with Crippen molar-refractivity contribution in [3.05, 3.63) is 106 Å². The predicted molar refractivity (Wildman–Crippen MR) is 134 cm³/mol. The molecule has 34 heavy (non-hydrogen) atoms. The smallest absolute Gasteiger partial charge is 0.248 e. The van der Waals surface area contributed by atoms with Crippen LogP contribution in [0, 0.1) is 0 Å². The van der Waals surface area contributed by atoms with Crippen LogP contribution < -0.4 is 15.0 Å². The van der Waals surface area contributed by atoms with Crippen molar-refractivity contribution in [3.63, 3.8) is 0 Å². The van der Waals surface area contributed by atoms with Gasteiger partial charge in [-0.1, -0.05) is 42.5 Å². The number of hydrogen-bond acceptors (Lipinski definition) is 5. The minimum absolute atomic E-state index is 0.0723. The van der Waals surface area contributed by atoms with Gasteiger partial charge in [-0.05, 0) is 54.8 Å². The number of carbonyl (C=O) groups excluding carboxylic acids is 1. The lowest BCUT2D eigenvalue weighted by molar-refractivity contribution is 0.107. The molecule has 0 saturated carbocycles. The highest BCUT2D eigenvalue weighted by atomic mass is 16.5. The van der Waals surface area contributed by atoms with Crippen LogP contribution in [0.5, 0.6) is 11.5 Å². The van der Waals surface area contributed by atoms with Crippen molar-refractivity contribution in [3.8, 4) is 11.5 Å². The topological polar surface area (TPSA) is 80.8 Å². The molecule has 1 atom stereocenters. The summed E-state index contributed by atoms with van der Waals surface area (Å²) in [7, 11) is 1.63. The van der Waals surface area contributed by atoms with Crippen molar-refractivity contribution in [2.24, 2.45) is 4.99 Å². The van der Waals surface area contributed by atoms with Crippen molar-refractivity contribution in [1.29, 1.82) is 0 Å². The fourth-order valence-electron chi connectivity index (χ4n) is 3.72. The molecule has 1 N–H and O–H groups in total. The van der Waals surface area contributed by atoms with E-state index in [0.717, 1.165) is 16.9 Å². The number of nitrogens with one attached hydrogen (secondary N) is 1. The second-order valence-corrected chi connectivity index (χ2v) is 8.04. The van der Waals surface area contributed by atoms with E-state index < -0.39 is 0 Å². The molecule has 1 heterocycles. The third-order valence-electron chi connectivity index (χ3n) is 5.50. The van der Waals surface area contributed by atoms with Crippen LogP contribution in [0.3, 0.4) is 0 Å². The van der Waals surface area contributed by atoms with Crippen LogP contribution in [0.25, 0.3) is 10.9 Å². The molecule has 0 spiro atoms. The Morgan fingerprint density at radius 1 is 0.971 bits per heavy atom. The van der Waals surface area contributed by atoms with Gasteiger partial charge in [0.15, 0.2) is 0 Å². The van der Waals surface area contributed by atoms with E-state index in [9.17, 15) is 9.59 Å². The van der Waals surface area contributed by atoms with Crippen LogP contribution in [0.1, 0.15) is 28.4 Å². The van der Waals surface area contributed by atoms with Gasteiger partial charge in [0.1, 0.15) is 18.1 Å². The van der Waals surface area contributed by atoms with Gasteiger partial charge in [0.25, 0.3) is 0 Å². The minimum Gasteiger partial charge on any atom is -0.497 e. The molecule has 0 bridgehead atoms. The Balaban J connectivity index is 1.52. The number of Topliss-reactive ketones (excluding diaryl/α,β-unsaturated/α-hetero) is 1. The zero-order valence-corrected chi connectivity index (χ0v) is 19.2. The van der Waals surface area contributed by atoms with Gasteiger partial charge in [-0.2, -0.15) is 0 Å². The summed E-state index contributed by atoms with van der Waals surface area (Å²) < 4.78 is 11.1. The van der Waals surface area contributed by atoms with Crippen molar-refractivity contribution < 1.29 is 14.3 Å². The monoisotopic (exact) mass is 454 g/mol. The highest BCUT2D eigenvalue weighted by molar-refractivity contribution is 6.38. The number of rotatable bonds is 9. The second-order valence-electron chi connectivity index (χ2n) is 8.04. The van der Waals surface area contributed by atoms with E-state index in [2.05, 4.69) is 9.98 Å². The van der Waals surface area contributed by atoms with Crippen molar-refractivity contribution in [2.45, 2.75) is 26.0 Å². The molecular weight excluding hydrogens is 428 g/mol. The van der Waals surface area contributed by atoms with E-state index in [-0.39, 0.29) is 17.4 Å². The number of ether oxygens (including phenoxy) is 2. The maximum atomic E-state index is 13.0. The minimum atomic E-state index is -0.261. The van der Waals surface area contributed by atoms with Crippen LogP contribution in [0.2, 0.25) is 0 Å². The van der Waals surface area contributed by atoms with Crippen LogP contribution in [0.4, 0.5) is 0 Å². The van der Waals surface area contributed by atoms with Gasteiger partial charge in [0, 0.05) is 17.0 Å². The molecule has 6 heteroatoms. The average Bonchev–Trinajstić information content (AvgIpc) is 2.87. The lowest BCUT2D eigenvalue weighted by Crippen LogP contribution is -2.10. The molecule has 0 radical (unpaired) electrons. The first kappa shape index (κ1) is 23.0. The van der Waals surface area contributed by atoms with E-state index >= 15 is 0 Å². The number of ketones is 1. The van der Waals surface area contributed by atoms with Crippen LogP contribution in [0.15, 0.2) is 88.6 Å². The third-order valence-corrected chi connectivity index (χ3v) is 5.50. The number of aromatic amines is 1. The third kappa shape index (κ3) is 5.59. The van der Waals surface area contributed by atoms with Crippen molar-refractivity contribution >= 4 is 22.9 Å². The van der Waals surface area contributed by atoms with Crippen LogP contribution in [-0.2, 0) is 13.0 Å². The van der Waals surface area contributed by atoms with E-state index in [1.807, 2.05) is 61.5 Å². The predicted octanol–water partition coefficient (Wildman–Crippen LogP) is 5.00. The molecule has 0 aliphatic rings. The number of pyridine rings is 1. The van der Waals surface area contributed by atoms with Crippen molar-refractivity contribution in [2.75, 3.05) is 7.11 Å². The summed E-state index contributed by atoms with van der Waals surface area (Å²) in [5.74, 6) is 1.09. The molecule has 0 aliphatic carbocycles. The zero-order valence-electron chi connectivity index (χ0n) is 19.2. The fraction of sp³-hybridized carbons (Fsp3) is 0.179. The summed E-state index contributed by atoms with van der Waals surface area (Å²) >= 11 is 0. The first-order chi connectivity index (χ1) is 16.5. The lowest BCUT2D eigenvalue weighted by atomic mass is 10.0. The largest absolute Gasteiger partial charge is 0.497 e. The van der Waals surface area contributed by atoms with Gasteiger partial charge in [0.05, 0.1) is 24.9 Å². The molecular formula is C28H26N2O4. The number of H-pyrrole nitrogens is 1. The number of hydrogen-bond donors (Lipinski definition) is 1. The van der Waals surface area contributed by atoms with E-state index in [0.29, 0.717) is 35.2 Å². The first-order valence-corrected chi connectivity index (χ1v) is 11.1. The van der Waals surface area contributed by atoms with E-state index in [1.54, 1.807) is 25.3 Å². The lowest BCUT2D eigenvalue weighted by Gasteiger charge is -2.11. The Labute approximate surface area is 197 Å². The molecule has 1 aromatic heterocycles. The Hall–Kier alpha value is -4.19. The highest BCUT2D eigenvalue weighted by Crippen LogP contribution is 2.27. The molecule has 0 amide bonds. The first-order valence-electron chi connectivity index (χ1n) is 11.1. The number of nitrogens with zero attached hydrogens (tertiary/aromatic N) is 1. The van der Waals surface area contributed by atoms with E-state index in [1.165, 1.54) is 12.3 Å². The average molecular weight is 455 g/mol. The van der Waals surface area contributed by atoms with Gasteiger partial charge >= 0.3 is 0 Å². The van der Waals surface area contributed by atoms with E-state index in [4.69, 9.17) is 9.47 Å². The molecule has 172 valence electrons. The molecule has 4 aromatic rings. The number of methoxy groups -OCH3 is 1. The number of aliphatic imine (C=N–C) groups is 1. The SMILES string of the molecule is COc1ccc(C[C@@H](C)/N=C\C(=O)c2ccc(OCc3ccccc3)c3[nH]c(=O)ccc23)cc1.